The molecule has 0 unspecified atom stereocenters. The van der Waals surface area contributed by atoms with Gasteiger partial charge in [-0.1, -0.05) is 11.8 Å². The lowest BCUT2D eigenvalue weighted by molar-refractivity contribution is 0.271. The van der Waals surface area contributed by atoms with E-state index in [0.717, 1.165) is 27.3 Å². The zero-order valence-corrected chi connectivity index (χ0v) is 10.8. The first-order valence-electron chi connectivity index (χ1n) is 4.86. The minimum absolute atomic E-state index is 0.0276. The Morgan fingerprint density at radius 3 is 2.94 bits per heavy atom. The molecular weight excluding hydrogens is 242 g/mol. The van der Waals surface area contributed by atoms with Crippen LogP contribution in [-0.4, -0.2) is 19.6 Å². The summed E-state index contributed by atoms with van der Waals surface area (Å²) >= 11 is 3.30. The van der Waals surface area contributed by atoms with Gasteiger partial charge in [-0.2, -0.15) is 0 Å². The fourth-order valence-electron chi connectivity index (χ4n) is 1.32. The molecule has 0 aliphatic rings. The van der Waals surface area contributed by atoms with Crippen LogP contribution in [0.25, 0.3) is 0 Å². The largest absolute Gasteiger partial charge is 0.390 e. The number of rotatable bonds is 4. The van der Waals surface area contributed by atoms with Gasteiger partial charge >= 0.3 is 0 Å². The van der Waals surface area contributed by atoms with Crippen LogP contribution in [0.5, 0.6) is 0 Å². The van der Waals surface area contributed by atoms with Gasteiger partial charge in [0.1, 0.15) is 0 Å². The Morgan fingerprint density at radius 1 is 1.56 bits per heavy atom. The van der Waals surface area contributed by atoms with Crippen LogP contribution in [0.15, 0.2) is 16.7 Å². The summed E-state index contributed by atoms with van der Waals surface area (Å²) in [4.78, 5) is 8.64. The van der Waals surface area contributed by atoms with Crippen LogP contribution in [0.3, 0.4) is 0 Å². The summed E-state index contributed by atoms with van der Waals surface area (Å²) < 4.78 is 1.91. The van der Waals surface area contributed by atoms with Crippen molar-refractivity contribution in [2.24, 2.45) is 7.05 Å². The topological polar surface area (TPSA) is 50.9 Å². The van der Waals surface area contributed by atoms with E-state index in [9.17, 15) is 0 Å². The highest BCUT2D eigenvalue weighted by Gasteiger charge is 2.07. The van der Waals surface area contributed by atoms with Gasteiger partial charge < -0.3 is 9.67 Å². The Hall–Kier alpha value is -0.850. The molecule has 86 valence electrons. The van der Waals surface area contributed by atoms with E-state index < -0.39 is 0 Å². The van der Waals surface area contributed by atoms with E-state index in [1.54, 1.807) is 29.3 Å². The molecule has 2 rings (SSSR count). The molecule has 0 radical (unpaired) electrons. The third kappa shape index (κ3) is 2.45. The maximum atomic E-state index is 9.04. The summed E-state index contributed by atoms with van der Waals surface area (Å²) in [6, 6.07) is 0. The average Bonchev–Trinajstić information content (AvgIpc) is 2.83. The standard InChI is InChI=1S/C10H13N3OS2/c1-7-12-8(5-15-7)6-16-10-11-3-9(4-14)13(10)2/h3,5,14H,4,6H2,1-2H3. The molecule has 2 aromatic rings. The van der Waals surface area contributed by atoms with E-state index in [-0.39, 0.29) is 6.61 Å². The maximum absolute atomic E-state index is 9.04. The van der Waals surface area contributed by atoms with E-state index in [1.807, 2.05) is 18.5 Å². The van der Waals surface area contributed by atoms with E-state index in [0.29, 0.717) is 0 Å². The minimum Gasteiger partial charge on any atom is -0.390 e. The van der Waals surface area contributed by atoms with Gasteiger partial charge in [0.2, 0.25) is 0 Å². The quantitative estimate of drug-likeness (QED) is 0.849. The van der Waals surface area contributed by atoms with Gasteiger partial charge in [0, 0.05) is 18.2 Å². The second-order valence-corrected chi connectivity index (χ2v) is 5.40. The second-order valence-electron chi connectivity index (χ2n) is 3.40. The van der Waals surface area contributed by atoms with Crippen molar-refractivity contribution in [3.8, 4) is 0 Å². The van der Waals surface area contributed by atoms with Crippen molar-refractivity contribution in [2.45, 2.75) is 24.4 Å². The van der Waals surface area contributed by atoms with Crippen molar-refractivity contribution < 1.29 is 5.11 Å². The Morgan fingerprint density at radius 2 is 2.38 bits per heavy atom. The summed E-state index contributed by atoms with van der Waals surface area (Å²) in [5.41, 5.74) is 1.91. The Labute approximate surface area is 102 Å². The van der Waals surface area contributed by atoms with Crippen LogP contribution in [0.1, 0.15) is 16.4 Å². The SMILES string of the molecule is Cc1nc(CSc2ncc(CO)n2C)cs1. The van der Waals surface area contributed by atoms with E-state index in [2.05, 4.69) is 15.3 Å². The van der Waals surface area contributed by atoms with Gasteiger partial charge in [0.05, 0.1) is 29.2 Å². The first-order valence-corrected chi connectivity index (χ1v) is 6.72. The molecule has 0 aliphatic carbocycles. The first-order chi connectivity index (χ1) is 7.70. The van der Waals surface area contributed by atoms with Gasteiger partial charge in [0.25, 0.3) is 0 Å². The summed E-state index contributed by atoms with van der Waals surface area (Å²) in [6.07, 6.45) is 1.70. The average molecular weight is 255 g/mol. The number of thioether (sulfide) groups is 1. The Kier molecular flexibility index (Phi) is 3.63. The summed E-state index contributed by atoms with van der Waals surface area (Å²) in [6.45, 7) is 2.03. The predicted molar refractivity (Wildman–Crippen MR) is 65.5 cm³/mol. The maximum Gasteiger partial charge on any atom is 0.168 e. The molecule has 0 bridgehead atoms. The summed E-state index contributed by atoms with van der Waals surface area (Å²) in [5.74, 6) is 0.820. The van der Waals surface area contributed by atoms with Gasteiger partial charge in [-0.05, 0) is 6.92 Å². The van der Waals surface area contributed by atoms with Crippen molar-refractivity contribution in [1.82, 2.24) is 14.5 Å². The van der Waals surface area contributed by atoms with Gasteiger partial charge in [-0.15, -0.1) is 11.3 Å². The first kappa shape index (κ1) is 11.6. The Balaban J connectivity index is 2.02. The summed E-state index contributed by atoms with van der Waals surface area (Å²) in [5, 5.41) is 13.1. The molecule has 0 fully saturated rings. The molecule has 0 atom stereocenters. The molecule has 0 saturated carbocycles. The number of aliphatic hydroxyl groups excluding tert-OH is 1. The number of hydrogen-bond acceptors (Lipinski definition) is 5. The highest BCUT2D eigenvalue weighted by molar-refractivity contribution is 7.98. The van der Waals surface area contributed by atoms with Crippen LogP contribution in [0.2, 0.25) is 0 Å². The molecule has 16 heavy (non-hydrogen) atoms. The second kappa shape index (κ2) is 4.99. The number of aromatic nitrogens is 3. The molecule has 0 aromatic carbocycles. The normalized spacial score (nSPS) is 10.9. The molecule has 0 aliphatic heterocycles. The summed E-state index contributed by atoms with van der Waals surface area (Å²) in [7, 11) is 1.91. The molecule has 2 aromatic heterocycles. The molecular formula is C10H13N3OS2. The van der Waals surface area contributed by atoms with E-state index in [4.69, 9.17) is 5.11 Å². The molecule has 0 saturated heterocycles. The Bertz CT molecular complexity index is 478. The molecule has 1 N–H and O–H groups in total. The van der Waals surface area contributed by atoms with Crippen LogP contribution in [0, 0.1) is 6.92 Å². The van der Waals surface area contributed by atoms with Crippen LogP contribution < -0.4 is 0 Å². The lowest BCUT2D eigenvalue weighted by Gasteiger charge is -2.02. The zero-order chi connectivity index (χ0) is 11.5. The number of nitrogens with zero attached hydrogens (tertiary/aromatic N) is 3. The van der Waals surface area contributed by atoms with Crippen molar-refractivity contribution in [3.05, 3.63) is 28.0 Å². The third-order valence-corrected chi connectivity index (χ3v) is 4.12. The van der Waals surface area contributed by atoms with Crippen molar-refractivity contribution >= 4 is 23.1 Å². The number of imidazole rings is 1. The lowest BCUT2D eigenvalue weighted by Crippen LogP contribution is -1.97. The highest BCUT2D eigenvalue weighted by Crippen LogP contribution is 2.22. The van der Waals surface area contributed by atoms with Crippen LogP contribution in [-0.2, 0) is 19.4 Å². The number of hydrogen-bond donors (Lipinski definition) is 1. The van der Waals surface area contributed by atoms with E-state index >= 15 is 0 Å². The predicted octanol–water partition coefficient (Wildman–Crippen LogP) is 1.97. The van der Waals surface area contributed by atoms with Crippen molar-refractivity contribution in [3.63, 3.8) is 0 Å². The fraction of sp³-hybridized carbons (Fsp3) is 0.400. The van der Waals surface area contributed by atoms with Crippen LogP contribution in [0.4, 0.5) is 0 Å². The molecule has 0 amide bonds. The van der Waals surface area contributed by atoms with Crippen molar-refractivity contribution in [1.29, 1.82) is 0 Å². The molecule has 6 heteroatoms. The van der Waals surface area contributed by atoms with Crippen LogP contribution >= 0.6 is 23.1 Å². The van der Waals surface area contributed by atoms with Gasteiger partial charge in [0.15, 0.2) is 5.16 Å². The minimum atomic E-state index is 0.0276. The monoisotopic (exact) mass is 255 g/mol. The molecule has 4 nitrogen and oxygen atoms in total. The van der Waals surface area contributed by atoms with E-state index in [1.165, 1.54) is 0 Å². The molecule has 2 heterocycles. The number of aliphatic hydroxyl groups is 1. The van der Waals surface area contributed by atoms with Gasteiger partial charge in [-0.25, -0.2) is 9.97 Å². The third-order valence-electron chi connectivity index (χ3n) is 2.22. The lowest BCUT2D eigenvalue weighted by atomic mass is 10.5. The smallest absolute Gasteiger partial charge is 0.168 e. The van der Waals surface area contributed by atoms with Gasteiger partial charge in [-0.3, -0.25) is 0 Å². The highest BCUT2D eigenvalue weighted by atomic mass is 32.2. The number of aryl methyl sites for hydroxylation is 1. The van der Waals surface area contributed by atoms with Crippen molar-refractivity contribution in [2.75, 3.05) is 0 Å². The fourth-order valence-corrected chi connectivity index (χ4v) is 2.90. The number of thiazole rings is 1. The zero-order valence-electron chi connectivity index (χ0n) is 9.17. The molecule has 0 spiro atoms.